The van der Waals surface area contributed by atoms with Gasteiger partial charge < -0.3 is 29.0 Å². The second-order valence-electron chi connectivity index (χ2n) is 1.95. The topological polar surface area (TPSA) is 106 Å². The number of aliphatic carboxylic acids is 1. The van der Waals surface area contributed by atoms with Crippen LogP contribution in [0.1, 0.15) is 12.8 Å². The maximum absolute atomic E-state index is 10.1. The van der Waals surface area contributed by atoms with E-state index in [-0.39, 0.29) is 54.8 Å². The number of carboxylic acids is 1. The van der Waals surface area contributed by atoms with Gasteiger partial charge in [-0.3, -0.25) is 9.59 Å². The monoisotopic (exact) mass is 204 g/mol. The van der Waals surface area contributed by atoms with Gasteiger partial charge in [0.25, 0.3) is 0 Å². The van der Waals surface area contributed by atoms with Crippen LogP contribution >= 0.6 is 0 Å². The maximum atomic E-state index is 10.1. The molecule has 0 aromatic heterocycles. The van der Waals surface area contributed by atoms with E-state index in [2.05, 4.69) is 0 Å². The molecule has 0 rings (SSSR count). The van der Waals surface area contributed by atoms with Gasteiger partial charge in [-0.25, -0.2) is 0 Å². The van der Waals surface area contributed by atoms with E-state index in [0.717, 1.165) is 0 Å². The summed E-state index contributed by atoms with van der Waals surface area (Å²) in [5.41, 5.74) is 9.81. The molecule has 1 unspecified atom stereocenters. The summed E-state index contributed by atoms with van der Waals surface area (Å²) >= 11 is 0. The summed E-state index contributed by atoms with van der Waals surface area (Å²) in [6, 6.07) is -0.979. The molecule has 5 nitrogen and oxygen atoms in total. The Balaban J connectivity index is -0.000000405. The third kappa shape index (κ3) is 10.2. The number of nitrogens with two attached hydrogens (primary N) is 2. The zero-order valence-electron chi connectivity index (χ0n) is 6.79. The van der Waals surface area contributed by atoms with Crippen molar-refractivity contribution in [3.8, 4) is 0 Å². The number of hydrogen-bond donors (Lipinski definition) is 3. The van der Waals surface area contributed by atoms with E-state index in [9.17, 15) is 9.59 Å². The van der Waals surface area contributed by atoms with Gasteiger partial charge in [-0.05, 0) is 6.42 Å². The van der Waals surface area contributed by atoms with Crippen molar-refractivity contribution in [2.75, 3.05) is 0 Å². The van der Waals surface area contributed by atoms with Crippen molar-refractivity contribution in [2.24, 2.45) is 11.5 Å². The second-order valence-corrected chi connectivity index (χ2v) is 1.95. The second kappa shape index (κ2) is 9.28. The molecule has 1 amide bonds. The minimum Gasteiger partial charge on any atom is -1.00 e. The van der Waals surface area contributed by atoms with Gasteiger partial charge in [-0.2, -0.15) is 0 Å². The van der Waals surface area contributed by atoms with Crippen molar-refractivity contribution < 1.29 is 56.7 Å². The number of amides is 1. The van der Waals surface area contributed by atoms with Crippen molar-refractivity contribution in [1.82, 2.24) is 0 Å². The van der Waals surface area contributed by atoms with Gasteiger partial charge in [0, 0.05) is 6.42 Å². The Morgan fingerprint density at radius 3 is 2.08 bits per heavy atom. The van der Waals surface area contributed by atoms with Crippen LogP contribution in [0, 0.1) is 0 Å². The number of halogens is 1. The Labute approximate surface area is 98.6 Å². The Hall–Kier alpha value is 0.190. The van der Waals surface area contributed by atoms with E-state index in [0.29, 0.717) is 0 Å². The molecule has 0 aromatic carbocycles. The predicted octanol–water partition coefficient (Wildman–Crippen LogP) is -7.33. The van der Waals surface area contributed by atoms with Gasteiger partial charge in [-0.1, -0.05) is 0 Å². The fourth-order valence-corrected chi connectivity index (χ4v) is 0.421. The van der Waals surface area contributed by atoms with Crippen LogP contribution < -0.4 is 53.4 Å². The molecule has 0 aliphatic rings. The molecule has 0 spiro atoms. The van der Waals surface area contributed by atoms with Crippen LogP contribution in [0.4, 0.5) is 0 Å². The van der Waals surface area contributed by atoms with Gasteiger partial charge in [0.15, 0.2) is 0 Å². The fourth-order valence-electron chi connectivity index (χ4n) is 0.421. The Bertz CT molecular complexity index is 156. The van der Waals surface area contributed by atoms with Crippen LogP contribution in [-0.4, -0.2) is 23.0 Å². The van der Waals surface area contributed by atoms with Gasteiger partial charge in [0.2, 0.25) is 5.91 Å². The summed E-state index contributed by atoms with van der Waals surface area (Å²) in [4.78, 5) is 20.1. The molecule has 0 fully saturated rings. The van der Waals surface area contributed by atoms with Crippen LogP contribution in [0.25, 0.3) is 0 Å². The zero-order valence-corrected chi connectivity index (χ0v) is 9.54. The molecule has 0 saturated heterocycles. The third-order valence-corrected chi connectivity index (χ3v) is 1.02. The van der Waals surface area contributed by atoms with Gasteiger partial charge in [-0.15, -0.1) is 0 Å². The molecule has 0 aromatic rings. The van der Waals surface area contributed by atoms with Gasteiger partial charge in [0.05, 0.1) is 0 Å². The molecule has 0 aliphatic heterocycles. The predicted molar refractivity (Wildman–Crippen MR) is 34.0 cm³/mol. The minimum atomic E-state index is -1.11. The van der Waals surface area contributed by atoms with Crippen molar-refractivity contribution in [1.29, 1.82) is 0 Å². The molecule has 66 valence electrons. The fraction of sp³-hybridized carbons (Fsp3) is 0.600. The number of hydrogen-bond acceptors (Lipinski definition) is 3. The number of primary amides is 1. The van der Waals surface area contributed by atoms with Crippen LogP contribution in [0.15, 0.2) is 0 Å². The molecule has 0 aliphatic carbocycles. The van der Waals surface area contributed by atoms with Crippen LogP contribution in [-0.2, 0) is 9.59 Å². The third-order valence-electron chi connectivity index (χ3n) is 1.02. The molecule has 7 heteroatoms. The smallest absolute Gasteiger partial charge is 1.00 e. The standard InChI is InChI=1S/C5H10N2O3.ClH.Na/c6-3(5(9)10)1-2-4(7)8;;/h3H,1-2,6H2,(H2,7,8)(H,9,10);1H;/q;;+1/p-1. The Kier molecular flexibility index (Phi) is 14.0. The summed E-state index contributed by atoms with van der Waals surface area (Å²) in [7, 11) is 0. The average Bonchev–Trinajstić information content (AvgIpc) is 1.82. The summed E-state index contributed by atoms with van der Waals surface area (Å²) in [5.74, 6) is -1.64. The van der Waals surface area contributed by atoms with Crippen LogP contribution in [0.2, 0.25) is 0 Å². The first-order chi connectivity index (χ1) is 4.54. The normalized spacial score (nSPS) is 10.4. The van der Waals surface area contributed by atoms with E-state index in [1.54, 1.807) is 0 Å². The summed E-state index contributed by atoms with van der Waals surface area (Å²) in [6.45, 7) is 0. The molecular formula is C5H10ClN2NaO3. The van der Waals surface area contributed by atoms with Crippen molar-refractivity contribution >= 4 is 11.9 Å². The molecule has 0 bridgehead atoms. The first kappa shape index (κ1) is 18.1. The molecular weight excluding hydrogens is 195 g/mol. The van der Waals surface area contributed by atoms with Crippen molar-refractivity contribution in [3.05, 3.63) is 0 Å². The SMILES string of the molecule is NC(=O)CCC(N)C(=O)O.[Cl-].[Na+]. The van der Waals surface area contributed by atoms with Crippen molar-refractivity contribution in [3.63, 3.8) is 0 Å². The quantitative estimate of drug-likeness (QED) is 0.396. The molecule has 0 saturated carbocycles. The van der Waals surface area contributed by atoms with E-state index in [4.69, 9.17) is 16.6 Å². The first-order valence-corrected chi connectivity index (χ1v) is 2.80. The van der Waals surface area contributed by atoms with E-state index in [1.807, 2.05) is 0 Å². The zero-order chi connectivity index (χ0) is 8.15. The molecule has 1 atom stereocenters. The summed E-state index contributed by atoms with van der Waals surface area (Å²) < 4.78 is 0. The number of carbonyl (C=O) groups excluding carboxylic acids is 1. The average molecular weight is 205 g/mol. The van der Waals surface area contributed by atoms with Crippen molar-refractivity contribution in [2.45, 2.75) is 18.9 Å². The first-order valence-electron chi connectivity index (χ1n) is 2.80. The Morgan fingerprint density at radius 1 is 1.42 bits per heavy atom. The Morgan fingerprint density at radius 2 is 1.83 bits per heavy atom. The van der Waals surface area contributed by atoms with Crippen LogP contribution in [0.3, 0.4) is 0 Å². The van der Waals surface area contributed by atoms with Gasteiger partial charge >= 0.3 is 35.5 Å². The summed E-state index contributed by atoms with van der Waals surface area (Å²) in [5, 5.41) is 8.22. The number of rotatable bonds is 4. The van der Waals surface area contributed by atoms with E-state index < -0.39 is 17.9 Å². The largest absolute Gasteiger partial charge is 1.00 e. The van der Waals surface area contributed by atoms with E-state index in [1.165, 1.54) is 0 Å². The number of carboxylic acid groups (broad SMARTS) is 1. The molecule has 0 radical (unpaired) electrons. The minimum absolute atomic E-state index is 0. The maximum Gasteiger partial charge on any atom is 1.00 e. The molecule has 0 heterocycles. The van der Waals surface area contributed by atoms with E-state index >= 15 is 0 Å². The van der Waals surface area contributed by atoms with Gasteiger partial charge in [0.1, 0.15) is 6.04 Å². The molecule has 5 N–H and O–H groups in total. The summed E-state index contributed by atoms with van der Waals surface area (Å²) in [6.07, 6.45) is 0.123. The van der Waals surface area contributed by atoms with Crippen LogP contribution in [0.5, 0.6) is 0 Å². The number of carbonyl (C=O) groups is 2. The molecule has 12 heavy (non-hydrogen) atoms.